The molecular formula is C9H18O2. The SMILES string of the molecule is CC.CC1C(O)CC(=O)[C@@H]1C. The Morgan fingerprint density at radius 1 is 1.36 bits per heavy atom. The molecular weight excluding hydrogens is 140 g/mol. The molecule has 1 rings (SSSR count). The lowest BCUT2D eigenvalue weighted by molar-refractivity contribution is -0.120. The minimum absolute atomic E-state index is 0.0694. The standard InChI is InChI=1S/C7H12O2.C2H6/c1-4-5(2)7(9)3-6(4)8;1-2/h4-6,8H,3H2,1-2H3;1-2H3/t4?,5-,6?;/m1./s1. The highest BCUT2D eigenvalue weighted by Crippen LogP contribution is 2.27. The number of carbonyl (C=O) groups is 1. The Bertz CT molecular complexity index is 132. The summed E-state index contributed by atoms with van der Waals surface area (Å²) >= 11 is 0. The van der Waals surface area contributed by atoms with Crippen LogP contribution in [0.4, 0.5) is 0 Å². The molecule has 0 amide bonds. The van der Waals surface area contributed by atoms with Gasteiger partial charge in [0.15, 0.2) is 0 Å². The summed E-state index contributed by atoms with van der Waals surface area (Å²) < 4.78 is 0. The molecule has 0 aromatic rings. The van der Waals surface area contributed by atoms with Crippen LogP contribution in [0.15, 0.2) is 0 Å². The smallest absolute Gasteiger partial charge is 0.138 e. The third kappa shape index (κ3) is 2.29. The molecule has 0 radical (unpaired) electrons. The number of ketones is 1. The summed E-state index contributed by atoms with van der Waals surface area (Å²) in [5, 5.41) is 9.12. The summed E-state index contributed by atoms with van der Waals surface area (Å²) in [5.41, 5.74) is 0. The van der Waals surface area contributed by atoms with E-state index in [1.165, 1.54) is 0 Å². The summed E-state index contributed by atoms with van der Waals surface area (Å²) in [5.74, 6) is 0.437. The van der Waals surface area contributed by atoms with Crippen molar-refractivity contribution in [3.05, 3.63) is 0 Å². The van der Waals surface area contributed by atoms with Crippen molar-refractivity contribution in [1.29, 1.82) is 0 Å². The van der Waals surface area contributed by atoms with E-state index in [0.29, 0.717) is 6.42 Å². The van der Waals surface area contributed by atoms with Crippen LogP contribution in [0, 0.1) is 11.8 Å². The first-order valence-corrected chi connectivity index (χ1v) is 4.33. The van der Waals surface area contributed by atoms with Gasteiger partial charge in [-0.25, -0.2) is 0 Å². The van der Waals surface area contributed by atoms with Gasteiger partial charge in [0.25, 0.3) is 0 Å². The van der Waals surface area contributed by atoms with Gasteiger partial charge < -0.3 is 5.11 Å². The van der Waals surface area contributed by atoms with E-state index in [4.69, 9.17) is 5.11 Å². The van der Waals surface area contributed by atoms with E-state index in [9.17, 15) is 4.79 Å². The molecule has 0 heterocycles. The number of aliphatic hydroxyl groups is 1. The summed E-state index contributed by atoms with van der Waals surface area (Å²) in [6.07, 6.45) is -0.0185. The predicted octanol–water partition coefficient (Wildman–Crippen LogP) is 1.62. The van der Waals surface area contributed by atoms with Crippen LogP contribution in [0.2, 0.25) is 0 Å². The summed E-state index contributed by atoms with van der Waals surface area (Å²) in [7, 11) is 0. The van der Waals surface area contributed by atoms with E-state index in [0.717, 1.165) is 0 Å². The van der Waals surface area contributed by atoms with E-state index in [2.05, 4.69) is 0 Å². The average molecular weight is 158 g/mol. The lowest BCUT2D eigenvalue weighted by atomic mass is 9.99. The second-order valence-electron chi connectivity index (χ2n) is 2.89. The van der Waals surface area contributed by atoms with Crippen molar-refractivity contribution in [2.75, 3.05) is 0 Å². The largest absolute Gasteiger partial charge is 0.392 e. The van der Waals surface area contributed by atoms with E-state index in [1.807, 2.05) is 27.7 Å². The Kier molecular flexibility index (Phi) is 4.34. The van der Waals surface area contributed by atoms with Crippen LogP contribution in [-0.2, 0) is 4.79 Å². The van der Waals surface area contributed by atoms with Gasteiger partial charge in [0.1, 0.15) is 5.78 Å². The average Bonchev–Trinajstić information content (AvgIpc) is 2.22. The molecule has 2 nitrogen and oxygen atoms in total. The predicted molar refractivity (Wildman–Crippen MR) is 45.3 cm³/mol. The number of hydrogen-bond donors (Lipinski definition) is 1. The van der Waals surface area contributed by atoms with E-state index in [1.54, 1.807) is 0 Å². The molecule has 1 N–H and O–H groups in total. The normalized spacial score (nSPS) is 36.5. The maximum Gasteiger partial charge on any atom is 0.138 e. The fraction of sp³-hybridized carbons (Fsp3) is 0.889. The van der Waals surface area contributed by atoms with Crippen LogP contribution in [0.5, 0.6) is 0 Å². The van der Waals surface area contributed by atoms with Crippen LogP contribution < -0.4 is 0 Å². The molecule has 0 spiro atoms. The highest BCUT2D eigenvalue weighted by molar-refractivity contribution is 5.83. The molecule has 3 atom stereocenters. The Hall–Kier alpha value is -0.370. The van der Waals surface area contributed by atoms with Crippen molar-refractivity contribution in [1.82, 2.24) is 0 Å². The number of rotatable bonds is 0. The molecule has 0 bridgehead atoms. The lowest BCUT2D eigenvalue weighted by Gasteiger charge is -2.09. The minimum Gasteiger partial charge on any atom is -0.392 e. The Balaban J connectivity index is 0.000000461. The maximum atomic E-state index is 10.8. The quantitative estimate of drug-likeness (QED) is 0.581. The summed E-state index contributed by atoms with van der Waals surface area (Å²) in [6, 6.07) is 0. The number of Topliss-reactive ketones (excluding diaryl/α,β-unsaturated/α-hetero) is 1. The zero-order chi connectivity index (χ0) is 9.02. The van der Waals surface area contributed by atoms with Crippen LogP contribution >= 0.6 is 0 Å². The molecule has 1 aliphatic carbocycles. The third-order valence-corrected chi connectivity index (χ3v) is 2.31. The van der Waals surface area contributed by atoms with Gasteiger partial charge in [-0.2, -0.15) is 0 Å². The first kappa shape index (κ1) is 10.6. The van der Waals surface area contributed by atoms with Crippen molar-refractivity contribution in [3.63, 3.8) is 0 Å². The van der Waals surface area contributed by atoms with Crippen LogP contribution in [0.1, 0.15) is 34.1 Å². The molecule has 1 saturated carbocycles. The Morgan fingerprint density at radius 2 is 1.82 bits per heavy atom. The lowest BCUT2D eigenvalue weighted by Crippen LogP contribution is -2.13. The van der Waals surface area contributed by atoms with Gasteiger partial charge in [-0.3, -0.25) is 4.79 Å². The molecule has 1 fully saturated rings. The zero-order valence-corrected chi connectivity index (χ0v) is 7.79. The topological polar surface area (TPSA) is 37.3 Å². The van der Waals surface area contributed by atoms with Gasteiger partial charge >= 0.3 is 0 Å². The minimum atomic E-state index is -0.382. The van der Waals surface area contributed by atoms with Crippen LogP contribution in [0.25, 0.3) is 0 Å². The van der Waals surface area contributed by atoms with Crippen molar-refractivity contribution < 1.29 is 9.90 Å². The monoisotopic (exact) mass is 158 g/mol. The maximum absolute atomic E-state index is 10.8. The van der Waals surface area contributed by atoms with Gasteiger partial charge in [0.2, 0.25) is 0 Å². The van der Waals surface area contributed by atoms with E-state index >= 15 is 0 Å². The molecule has 66 valence electrons. The van der Waals surface area contributed by atoms with Crippen LogP contribution in [-0.4, -0.2) is 17.0 Å². The van der Waals surface area contributed by atoms with Gasteiger partial charge in [-0.05, 0) is 5.92 Å². The molecule has 0 aromatic heterocycles. The van der Waals surface area contributed by atoms with Gasteiger partial charge in [0.05, 0.1) is 6.10 Å². The third-order valence-electron chi connectivity index (χ3n) is 2.31. The molecule has 2 unspecified atom stereocenters. The highest BCUT2D eigenvalue weighted by Gasteiger charge is 2.34. The fourth-order valence-electron chi connectivity index (χ4n) is 1.20. The van der Waals surface area contributed by atoms with Gasteiger partial charge in [0, 0.05) is 12.3 Å². The van der Waals surface area contributed by atoms with Gasteiger partial charge in [-0.1, -0.05) is 27.7 Å². The molecule has 11 heavy (non-hydrogen) atoms. The van der Waals surface area contributed by atoms with Crippen LogP contribution in [0.3, 0.4) is 0 Å². The molecule has 1 aliphatic rings. The molecule has 0 aliphatic heterocycles. The van der Waals surface area contributed by atoms with Gasteiger partial charge in [-0.15, -0.1) is 0 Å². The Morgan fingerprint density at radius 3 is 1.91 bits per heavy atom. The first-order chi connectivity index (χ1) is 5.13. The van der Waals surface area contributed by atoms with Crippen molar-refractivity contribution in [2.24, 2.45) is 11.8 Å². The second kappa shape index (κ2) is 4.50. The highest BCUT2D eigenvalue weighted by atomic mass is 16.3. The Labute approximate surface area is 68.6 Å². The molecule has 0 saturated heterocycles. The van der Waals surface area contributed by atoms with Crippen molar-refractivity contribution in [2.45, 2.75) is 40.2 Å². The van der Waals surface area contributed by atoms with Crippen molar-refractivity contribution in [3.8, 4) is 0 Å². The second-order valence-corrected chi connectivity index (χ2v) is 2.89. The zero-order valence-electron chi connectivity index (χ0n) is 7.79. The molecule has 0 aromatic carbocycles. The number of aliphatic hydroxyl groups excluding tert-OH is 1. The number of carbonyl (C=O) groups excluding carboxylic acids is 1. The van der Waals surface area contributed by atoms with Crippen molar-refractivity contribution >= 4 is 5.78 Å². The number of hydrogen-bond acceptors (Lipinski definition) is 2. The summed E-state index contributed by atoms with van der Waals surface area (Å²) in [4.78, 5) is 10.8. The van der Waals surface area contributed by atoms with E-state index < -0.39 is 0 Å². The molecule has 2 heteroatoms. The fourth-order valence-corrected chi connectivity index (χ4v) is 1.20. The first-order valence-electron chi connectivity index (χ1n) is 4.33. The summed E-state index contributed by atoms with van der Waals surface area (Å²) in [6.45, 7) is 7.80. The van der Waals surface area contributed by atoms with E-state index in [-0.39, 0.29) is 23.7 Å².